The van der Waals surface area contributed by atoms with E-state index in [0.29, 0.717) is 12.3 Å². The van der Waals surface area contributed by atoms with Gasteiger partial charge in [-0.1, -0.05) is 43.9 Å². The molecular weight excluding hydrogens is 337 g/mol. The van der Waals surface area contributed by atoms with Gasteiger partial charge in [-0.2, -0.15) is 0 Å². The fourth-order valence-corrected chi connectivity index (χ4v) is 5.51. The van der Waals surface area contributed by atoms with E-state index in [1.165, 1.54) is 16.3 Å². The summed E-state index contributed by atoms with van der Waals surface area (Å²) in [6.45, 7) is 5.98. The average Bonchev–Trinajstić information content (AvgIpc) is 2.53. The zero-order valence-electron chi connectivity index (χ0n) is 13.2. The topological polar surface area (TPSA) is 46.6 Å². The molecule has 0 fully saturated rings. The number of para-hydroxylation sites is 1. The highest BCUT2D eigenvalue weighted by Gasteiger charge is 2.25. The van der Waals surface area contributed by atoms with Crippen molar-refractivity contribution in [3.05, 3.63) is 30.3 Å². The summed E-state index contributed by atoms with van der Waals surface area (Å²) in [6, 6.07) is 9.15. The second kappa shape index (κ2) is 9.33. The summed E-state index contributed by atoms with van der Waals surface area (Å²) in [6.07, 6.45) is 1.63. The molecule has 0 aliphatic rings. The van der Waals surface area contributed by atoms with Crippen LogP contribution in [0.4, 0.5) is 10.5 Å². The molecule has 0 heterocycles. The molecule has 0 saturated carbocycles. The van der Waals surface area contributed by atoms with Gasteiger partial charge in [-0.25, -0.2) is 0 Å². The minimum absolute atomic E-state index is 0.0908. The van der Waals surface area contributed by atoms with Crippen LogP contribution in [0, 0.1) is 0 Å². The van der Waals surface area contributed by atoms with Crippen molar-refractivity contribution in [2.45, 2.75) is 20.8 Å². The fraction of sp³-hybridized carbons (Fsp3) is 0.467. The van der Waals surface area contributed by atoms with Gasteiger partial charge >= 0.3 is 5.97 Å². The molecule has 4 nitrogen and oxygen atoms in total. The van der Waals surface area contributed by atoms with Crippen LogP contribution in [0.1, 0.15) is 20.8 Å². The van der Waals surface area contributed by atoms with E-state index in [-0.39, 0.29) is 11.8 Å². The Morgan fingerprint density at radius 3 is 2.27 bits per heavy atom. The maximum absolute atomic E-state index is 12.7. The number of hydrogen-bond donors (Lipinski definition) is 0. The normalized spacial score (nSPS) is 11.0. The highest BCUT2D eigenvalue weighted by Crippen LogP contribution is 2.59. The summed E-state index contributed by atoms with van der Waals surface area (Å²) < 4.78 is 4.97. The Bertz CT molecular complexity index is 543. The van der Waals surface area contributed by atoms with E-state index in [1.807, 2.05) is 32.0 Å². The van der Waals surface area contributed by atoms with Crippen LogP contribution < -0.4 is 4.90 Å². The van der Waals surface area contributed by atoms with Crippen molar-refractivity contribution in [1.82, 2.24) is 0 Å². The zero-order chi connectivity index (χ0) is 16.6. The lowest BCUT2D eigenvalue weighted by Crippen LogP contribution is -2.34. The highest BCUT2D eigenvalue weighted by molar-refractivity contribution is 8.76. The number of ether oxygens (including phenoxy) is 1. The van der Waals surface area contributed by atoms with Crippen molar-refractivity contribution < 1.29 is 14.3 Å². The van der Waals surface area contributed by atoms with Gasteiger partial charge in [0.1, 0.15) is 6.54 Å². The molecule has 7 heteroatoms. The van der Waals surface area contributed by atoms with Crippen molar-refractivity contribution >= 4 is 45.3 Å². The van der Waals surface area contributed by atoms with E-state index in [4.69, 9.17) is 16.5 Å². The van der Waals surface area contributed by atoms with Crippen LogP contribution in [0.3, 0.4) is 0 Å². The molecule has 1 aromatic rings. The lowest BCUT2D eigenvalue weighted by atomic mass is 10.3. The van der Waals surface area contributed by atoms with Gasteiger partial charge in [-0.05, 0) is 42.8 Å². The average molecular weight is 359 g/mol. The van der Waals surface area contributed by atoms with Crippen molar-refractivity contribution in [3.8, 4) is 0 Å². The monoisotopic (exact) mass is 359 g/mol. The van der Waals surface area contributed by atoms with Gasteiger partial charge in [-0.15, -0.1) is 0 Å². The molecule has 0 spiro atoms. The number of esters is 1. The van der Waals surface area contributed by atoms with Gasteiger partial charge in [0, 0.05) is 10.9 Å². The molecule has 122 valence electrons. The predicted octanol–water partition coefficient (Wildman–Crippen LogP) is 4.34. The number of carbonyl (C=O) groups is 2. The molecule has 0 radical (unpaired) electrons. The second-order valence-corrected chi connectivity index (χ2v) is 13.4. The van der Waals surface area contributed by atoms with Crippen LogP contribution in [0.5, 0.6) is 0 Å². The molecule has 0 aromatic heterocycles. The zero-order valence-corrected chi connectivity index (χ0v) is 15.7. The highest BCUT2D eigenvalue weighted by atomic mass is 32.9. The maximum Gasteiger partial charge on any atom is 0.326 e. The van der Waals surface area contributed by atoms with Crippen molar-refractivity contribution in [2.24, 2.45) is 0 Å². The summed E-state index contributed by atoms with van der Waals surface area (Å²) in [5.74, 6) is -0.415. The van der Waals surface area contributed by atoms with Gasteiger partial charge in [0.2, 0.25) is 0 Å². The largest absolute Gasteiger partial charge is 0.465 e. The Morgan fingerprint density at radius 1 is 1.18 bits per heavy atom. The van der Waals surface area contributed by atoms with E-state index in [1.54, 1.807) is 19.1 Å². The smallest absolute Gasteiger partial charge is 0.326 e. The summed E-state index contributed by atoms with van der Waals surface area (Å²) >= 11 is 6.84. The molecule has 1 rings (SSSR count). The van der Waals surface area contributed by atoms with Gasteiger partial charge in [0.15, 0.2) is 0 Å². The Kier molecular flexibility index (Phi) is 8.15. The Labute approximate surface area is 141 Å². The predicted molar refractivity (Wildman–Crippen MR) is 98.8 cm³/mol. The first kappa shape index (κ1) is 19.2. The maximum atomic E-state index is 12.7. The molecule has 0 atom stereocenters. The number of benzene rings is 1. The number of nitrogens with zero attached hydrogens (tertiary/aromatic N) is 1. The van der Waals surface area contributed by atoms with E-state index in [9.17, 15) is 9.59 Å². The van der Waals surface area contributed by atoms with Gasteiger partial charge in [0.05, 0.1) is 6.61 Å². The van der Waals surface area contributed by atoms with E-state index < -0.39 is 11.2 Å². The first-order valence-electron chi connectivity index (χ1n) is 7.25. The van der Waals surface area contributed by atoms with Crippen LogP contribution in [0.15, 0.2) is 30.3 Å². The number of hydrogen-bond acceptors (Lipinski definition) is 5. The molecule has 0 saturated heterocycles. The number of rotatable bonds is 7. The molecular formula is C15H22NO3PS2. The quantitative estimate of drug-likeness (QED) is 0.535. The van der Waals surface area contributed by atoms with Crippen LogP contribution in [0.25, 0.3) is 0 Å². The first-order valence-corrected chi connectivity index (χ1v) is 11.8. The SMILES string of the molecule is CCOC(=O)CN(C(=O)SP(=S)(CC)CC)c1ccccc1. The molecule has 0 aliphatic heterocycles. The van der Waals surface area contributed by atoms with Gasteiger partial charge < -0.3 is 4.74 Å². The van der Waals surface area contributed by atoms with Crippen LogP contribution >= 0.6 is 16.6 Å². The molecule has 0 bridgehead atoms. The lowest BCUT2D eigenvalue weighted by molar-refractivity contribution is -0.141. The first-order chi connectivity index (χ1) is 10.5. The molecule has 0 unspecified atom stereocenters. The summed E-state index contributed by atoms with van der Waals surface area (Å²) in [7, 11) is 0. The van der Waals surface area contributed by atoms with Crippen molar-refractivity contribution in [2.75, 3.05) is 30.4 Å². The minimum atomic E-state index is -1.76. The molecule has 0 N–H and O–H groups in total. The molecule has 1 aromatic carbocycles. The number of amides is 1. The number of anilines is 1. The van der Waals surface area contributed by atoms with Crippen LogP contribution in [-0.4, -0.2) is 36.7 Å². The van der Waals surface area contributed by atoms with Gasteiger partial charge in [-0.3, -0.25) is 14.5 Å². The van der Waals surface area contributed by atoms with Crippen LogP contribution in [-0.2, 0) is 21.3 Å². The number of carbonyl (C=O) groups excluding carboxylic acids is 2. The van der Waals surface area contributed by atoms with Crippen molar-refractivity contribution in [3.63, 3.8) is 0 Å². The van der Waals surface area contributed by atoms with E-state index in [0.717, 1.165) is 12.3 Å². The summed E-state index contributed by atoms with van der Waals surface area (Å²) in [4.78, 5) is 25.9. The van der Waals surface area contributed by atoms with E-state index >= 15 is 0 Å². The van der Waals surface area contributed by atoms with Crippen LogP contribution in [0.2, 0.25) is 0 Å². The van der Waals surface area contributed by atoms with E-state index in [2.05, 4.69) is 0 Å². The molecule has 0 aliphatic carbocycles. The fourth-order valence-electron chi connectivity index (χ4n) is 1.75. The third-order valence-electron chi connectivity index (χ3n) is 3.09. The van der Waals surface area contributed by atoms with Gasteiger partial charge in [0.25, 0.3) is 5.24 Å². The molecule has 1 amide bonds. The standard InChI is InChI=1S/C15H22NO3PS2/c1-4-19-14(17)12-16(13-10-8-7-9-11-13)15(18)22-20(21,5-2)6-3/h7-11H,4-6,12H2,1-3H3. The third kappa shape index (κ3) is 5.75. The molecule has 22 heavy (non-hydrogen) atoms. The lowest BCUT2D eigenvalue weighted by Gasteiger charge is -2.24. The Hall–Kier alpha value is -0.840. The second-order valence-electron chi connectivity index (χ2n) is 4.53. The Balaban J connectivity index is 2.97. The Morgan fingerprint density at radius 2 is 1.77 bits per heavy atom. The summed E-state index contributed by atoms with van der Waals surface area (Å²) in [5, 5.41) is -1.94. The minimum Gasteiger partial charge on any atom is -0.465 e. The van der Waals surface area contributed by atoms with Crippen molar-refractivity contribution in [1.29, 1.82) is 0 Å². The summed E-state index contributed by atoms with van der Waals surface area (Å²) in [5.41, 5.74) is 0.682. The third-order valence-corrected chi connectivity index (χ3v) is 11.0.